The second-order valence-corrected chi connectivity index (χ2v) is 5.40. The highest BCUT2D eigenvalue weighted by Crippen LogP contribution is 2.18. The van der Waals surface area contributed by atoms with E-state index in [2.05, 4.69) is 5.32 Å². The molecule has 2 nitrogen and oxygen atoms in total. The Morgan fingerprint density at radius 1 is 1.05 bits per heavy atom. The lowest BCUT2D eigenvalue weighted by molar-refractivity contribution is -0.113. The maximum atomic E-state index is 13.4. The highest BCUT2D eigenvalue weighted by molar-refractivity contribution is 7.99. The Morgan fingerprint density at radius 2 is 1.73 bits per heavy atom. The van der Waals surface area contributed by atoms with Crippen molar-refractivity contribution in [2.24, 2.45) is 0 Å². The molecule has 0 aliphatic rings. The van der Waals surface area contributed by atoms with Crippen LogP contribution in [0.5, 0.6) is 0 Å². The number of halogens is 4. The number of carbonyl (C=O) groups excluding carboxylic acids is 1. The molecule has 0 saturated heterocycles. The molecule has 0 aromatic heterocycles. The summed E-state index contributed by atoms with van der Waals surface area (Å²) in [5.41, 5.74) is 0.148. The first kappa shape index (κ1) is 16.4. The summed E-state index contributed by atoms with van der Waals surface area (Å²) < 4.78 is 52.3. The van der Waals surface area contributed by atoms with E-state index >= 15 is 0 Å². The average Bonchev–Trinajstić information content (AvgIpc) is 2.42. The maximum absolute atomic E-state index is 13.4. The van der Waals surface area contributed by atoms with Gasteiger partial charge in [0.15, 0.2) is 11.6 Å². The minimum atomic E-state index is -0.946. The zero-order valence-corrected chi connectivity index (χ0v) is 12.0. The number of hydrogen-bond acceptors (Lipinski definition) is 2. The molecule has 2 aromatic rings. The lowest BCUT2D eigenvalue weighted by Gasteiger charge is -2.06. The van der Waals surface area contributed by atoms with E-state index in [1.54, 1.807) is 0 Å². The van der Waals surface area contributed by atoms with Crippen LogP contribution in [-0.2, 0) is 10.5 Å². The van der Waals surface area contributed by atoms with Gasteiger partial charge in [0.05, 0.1) is 5.75 Å². The Balaban J connectivity index is 1.86. The molecule has 0 spiro atoms. The van der Waals surface area contributed by atoms with E-state index in [-0.39, 0.29) is 22.8 Å². The van der Waals surface area contributed by atoms with Crippen molar-refractivity contribution in [2.45, 2.75) is 5.75 Å². The zero-order chi connectivity index (χ0) is 16.1. The van der Waals surface area contributed by atoms with Crippen molar-refractivity contribution < 1.29 is 22.4 Å². The summed E-state index contributed by atoms with van der Waals surface area (Å²) in [6, 6.07) is 6.47. The lowest BCUT2D eigenvalue weighted by atomic mass is 10.2. The number of thioether (sulfide) groups is 1. The lowest BCUT2D eigenvalue weighted by Crippen LogP contribution is -2.14. The summed E-state index contributed by atoms with van der Waals surface area (Å²) in [7, 11) is 0. The van der Waals surface area contributed by atoms with Crippen molar-refractivity contribution in [3.8, 4) is 0 Å². The molecule has 0 fully saturated rings. The number of amides is 1. The summed E-state index contributed by atoms with van der Waals surface area (Å²) in [6.45, 7) is 0. The molecule has 0 heterocycles. The first-order valence-electron chi connectivity index (χ1n) is 6.22. The van der Waals surface area contributed by atoms with E-state index in [0.29, 0.717) is 6.07 Å². The van der Waals surface area contributed by atoms with Gasteiger partial charge < -0.3 is 5.32 Å². The van der Waals surface area contributed by atoms with E-state index in [1.807, 2.05) is 0 Å². The number of benzene rings is 2. The van der Waals surface area contributed by atoms with Crippen LogP contribution in [0.25, 0.3) is 0 Å². The monoisotopic (exact) mass is 329 g/mol. The SMILES string of the molecule is O=C(CSCc1cccc(F)c1F)Nc1cc(F)cc(F)c1. The van der Waals surface area contributed by atoms with Crippen molar-refractivity contribution in [3.63, 3.8) is 0 Å². The highest BCUT2D eigenvalue weighted by Gasteiger charge is 2.09. The van der Waals surface area contributed by atoms with Crippen LogP contribution in [0.3, 0.4) is 0 Å². The Bertz CT molecular complexity index is 673. The molecule has 22 heavy (non-hydrogen) atoms. The third kappa shape index (κ3) is 4.49. The van der Waals surface area contributed by atoms with Crippen molar-refractivity contribution >= 4 is 23.4 Å². The number of nitrogens with one attached hydrogen (secondary N) is 1. The quantitative estimate of drug-likeness (QED) is 0.836. The van der Waals surface area contributed by atoms with Crippen LogP contribution in [0.2, 0.25) is 0 Å². The van der Waals surface area contributed by atoms with E-state index in [4.69, 9.17) is 0 Å². The molecule has 1 amide bonds. The first-order chi connectivity index (χ1) is 10.5. The van der Waals surface area contributed by atoms with Crippen molar-refractivity contribution in [1.82, 2.24) is 0 Å². The van der Waals surface area contributed by atoms with E-state index < -0.39 is 29.2 Å². The molecule has 7 heteroatoms. The van der Waals surface area contributed by atoms with E-state index in [0.717, 1.165) is 30.0 Å². The normalized spacial score (nSPS) is 10.5. The molecule has 0 saturated carbocycles. The standard InChI is InChI=1S/C15H11F4NOS/c16-10-4-11(17)6-12(5-10)20-14(21)8-22-7-9-2-1-3-13(18)15(9)19/h1-6H,7-8H2,(H,20,21). The van der Waals surface area contributed by atoms with Gasteiger partial charge in [-0.05, 0) is 18.2 Å². The summed E-state index contributed by atoms with van der Waals surface area (Å²) in [5.74, 6) is -3.94. The number of rotatable bonds is 5. The summed E-state index contributed by atoms with van der Waals surface area (Å²) >= 11 is 1.06. The van der Waals surface area contributed by atoms with Crippen LogP contribution in [0.1, 0.15) is 5.56 Å². The van der Waals surface area contributed by atoms with Gasteiger partial charge in [0.2, 0.25) is 5.91 Å². The molecule has 0 unspecified atom stereocenters. The predicted molar refractivity (Wildman–Crippen MR) is 77.5 cm³/mol. The molecular formula is C15H11F4NOS. The van der Waals surface area contributed by atoms with Crippen molar-refractivity contribution in [3.05, 3.63) is 65.2 Å². The van der Waals surface area contributed by atoms with Gasteiger partial charge in [-0.3, -0.25) is 4.79 Å². The second kappa shape index (κ2) is 7.31. The zero-order valence-electron chi connectivity index (χ0n) is 11.2. The third-order valence-electron chi connectivity index (χ3n) is 2.67. The Morgan fingerprint density at radius 3 is 2.41 bits per heavy atom. The highest BCUT2D eigenvalue weighted by atomic mass is 32.2. The molecule has 2 rings (SSSR count). The molecule has 116 valence electrons. The molecule has 0 aliphatic heterocycles. The molecular weight excluding hydrogens is 318 g/mol. The first-order valence-corrected chi connectivity index (χ1v) is 7.38. The Kier molecular flexibility index (Phi) is 5.43. The van der Waals surface area contributed by atoms with Crippen LogP contribution < -0.4 is 5.32 Å². The van der Waals surface area contributed by atoms with Gasteiger partial charge in [-0.1, -0.05) is 12.1 Å². The summed E-state index contributed by atoms with van der Waals surface area (Å²) in [5, 5.41) is 2.33. The maximum Gasteiger partial charge on any atom is 0.234 e. The van der Waals surface area contributed by atoms with Crippen LogP contribution in [0.4, 0.5) is 23.2 Å². The molecule has 0 atom stereocenters. The Labute approximate surface area is 128 Å². The van der Waals surface area contributed by atoms with Gasteiger partial charge in [0, 0.05) is 23.1 Å². The summed E-state index contributed by atoms with van der Waals surface area (Å²) in [4.78, 5) is 11.6. The Hall–Kier alpha value is -2.02. The van der Waals surface area contributed by atoms with Gasteiger partial charge >= 0.3 is 0 Å². The van der Waals surface area contributed by atoms with E-state index in [1.165, 1.54) is 12.1 Å². The van der Waals surface area contributed by atoms with Crippen molar-refractivity contribution in [1.29, 1.82) is 0 Å². The van der Waals surface area contributed by atoms with Crippen LogP contribution >= 0.6 is 11.8 Å². The number of anilines is 1. The predicted octanol–water partition coefficient (Wildman–Crippen LogP) is 4.11. The fraction of sp³-hybridized carbons (Fsp3) is 0.133. The van der Waals surface area contributed by atoms with Crippen LogP contribution in [-0.4, -0.2) is 11.7 Å². The number of carbonyl (C=O) groups is 1. The van der Waals surface area contributed by atoms with Gasteiger partial charge in [-0.2, -0.15) is 0 Å². The fourth-order valence-corrected chi connectivity index (χ4v) is 2.54. The van der Waals surface area contributed by atoms with E-state index in [9.17, 15) is 22.4 Å². The van der Waals surface area contributed by atoms with Crippen molar-refractivity contribution in [2.75, 3.05) is 11.1 Å². The molecule has 0 bridgehead atoms. The van der Waals surface area contributed by atoms with Gasteiger partial charge in [-0.15, -0.1) is 11.8 Å². The van der Waals surface area contributed by atoms with Gasteiger partial charge in [-0.25, -0.2) is 17.6 Å². The fourth-order valence-electron chi connectivity index (χ4n) is 1.74. The molecule has 0 radical (unpaired) electrons. The molecule has 2 aromatic carbocycles. The van der Waals surface area contributed by atoms with Crippen LogP contribution in [0, 0.1) is 23.3 Å². The molecule has 0 aliphatic carbocycles. The minimum Gasteiger partial charge on any atom is -0.325 e. The number of hydrogen-bond donors (Lipinski definition) is 1. The molecule has 1 N–H and O–H groups in total. The van der Waals surface area contributed by atoms with Crippen LogP contribution in [0.15, 0.2) is 36.4 Å². The third-order valence-corrected chi connectivity index (χ3v) is 3.65. The van der Waals surface area contributed by atoms with Gasteiger partial charge in [0.25, 0.3) is 0 Å². The summed E-state index contributed by atoms with van der Waals surface area (Å²) in [6.07, 6.45) is 0. The second-order valence-electron chi connectivity index (χ2n) is 4.41. The largest absolute Gasteiger partial charge is 0.325 e. The smallest absolute Gasteiger partial charge is 0.234 e. The average molecular weight is 329 g/mol. The topological polar surface area (TPSA) is 29.1 Å². The van der Waals surface area contributed by atoms with Gasteiger partial charge in [0.1, 0.15) is 11.6 Å². The minimum absolute atomic E-state index is 0.0000334.